The summed E-state index contributed by atoms with van der Waals surface area (Å²) in [7, 11) is 1.29. The fourth-order valence-corrected chi connectivity index (χ4v) is 1.03. The Kier molecular flexibility index (Phi) is 3.59. The first kappa shape index (κ1) is 10.7. The molecule has 1 rings (SSSR count). The van der Waals surface area contributed by atoms with E-state index in [2.05, 4.69) is 4.74 Å². The number of nitrogen functional groups attached to an aromatic ring is 1. The van der Waals surface area contributed by atoms with Crippen LogP contribution in [0.5, 0.6) is 5.75 Å². The molecule has 2 N–H and O–H groups in total. The SMILES string of the molecule is COC(=O)COc1ccc(Cl)cc1N. The predicted molar refractivity (Wildman–Crippen MR) is 53.4 cm³/mol. The minimum atomic E-state index is -0.459. The van der Waals surface area contributed by atoms with Crippen molar-refractivity contribution in [3.63, 3.8) is 0 Å². The smallest absolute Gasteiger partial charge is 0.343 e. The van der Waals surface area contributed by atoms with Crippen molar-refractivity contribution in [3.8, 4) is 5.75 Å². The maximum Gasteiger partial charge on any atom is 0.343 e. The van der Waals surface area contributed by atoms with Gasteiger partial charge in [-0.1, -0.05) is 11.6 Å². The van der Waals surface area contributed by atoms with E-state index in [1.165, 1.54) is 7.11 Å². The van der Waals surface area contributed by atoms with Crippen LogP contribution in [0.15, 0.2) is 18.2 Å². The van der Waals surface area contributed by atoms with Crippen LogP contribution in [-0.2, 0) is 9.53 Å². The Morgan fingerprint density at radius 3 is 2.86 bits per heavy atom. The first-order valence-corrected chi connectivity index (χ1v) is 4.26. The van der Waals surface area contributed by atoms with Gasteiger partial charge in [-0.25, -0.2) is 4.79 Å². The molecule has 0 fully saturated rings. The highest BCUT2D eigenvalue weighted by Crippen LogP contribution is 2.24. The third-order valence-corrected chi connectivity index (χ3v) is 1.78. The lowest BCUT2D eigenvalue weighted by Crippen LogP contribution is -2.13. The van der Waals surface area contributed by atoms with E-state index in [9.17, 15) is 4.79 Å². The highest BCUT2D eigenvalue weighted by molar-refractivity contribution is 6.30. The van der Waals surface area contributed by atoms with E-state index < -0.39 is 5.97 Å². The molecule has 0 radical (unpaired) electrons. The van der Waals surface area contributed by atoms with E-state index >= 15 is 0 Å². The van der Waals surface area contributed by atoms with Crippen molar-refractivity contribution >= 4 is 23.3 Å². The lowest BCUT2D eigenvalue weighted by molar-refractivity contribution is -0.142. The Hall–Kier alpha value is -1.42. The third kappa shape index (κ3) is 2.81. The van der Waals surface area contributed by atoms with Crippen LogP contribution in [0, 0.1) is 0 Å². The molecule has 0 bridgehead atoms. The molecular weight excluding hydrogens is 206 g/mol. The summed E-state index contributed by atoms with van der Waals surface area (Å²) >= 11 is 5.68. The van der Waals surface area contributed by atoms with Crippen LogP contribution in [0.4, 0.5) is 5.69 Å². The quantitative estimate of drug-likeness (QED) is 0.613. The van der Waals surface area contributed by atoms with E-state index in [-0.39, 0.29) is 6.61 Å². The van der Waals surface area contributed by atoms with Crippen molar-refractivity contribution in [2.75, 3.05) is 19.5 Å². The molecule has 0 saturated heterocycles. The molecule has 1 aromatic carbocycles. The van der Waals surface area contributed by atoms with Gasteiger partial charge in [-0.05, 0) is 18.2 Å². The summed E-state index contributed by atoms with van der Waals surface area (Å²) in [6, 6.07) is 4.78. The molecule has 0 aromatic heterocycles. The van der Waals surface area contributed by atoms with Gasteiger partial charge in [0, 0.05) is 5.02 Å². The number of benzene rings is 1. The second kappa shape index (κ2) is 4.72. The molecule has 0 unspecified atom stereocenters. The topological polar surface area (TPSA) is 61.5 Å². The average Bonchev–Trinajstić information content (AvgIpc) is 2.16. The Morgan fingerprint density at radius 2 is 2.29 bits per heavy atom. The summed E-state index contributed by atoms with van der Waals surface area (Å²) in [6.45, 7) is -0.164. The second-order valence-corrected chi connectivity index (χ2v) is 2.98. The van der Waals surface area contributed by atoms with Gasteiger partial charge in [-0.15, -0.1) is 0 Å². The standard InChI is InChI=1S/C9H10ClNO3/c1-13-9(12)5-14-8-3-2-6(10)4-7(8)11/h2-4H,5,11H2,1H3. The van der Waals surface area contributed by atoms with Gasteiger partial charge in [0.1, 0.15) is 5.75 Å². The maximum atomic E-state index is 10.7. The van der Waals surface area contributed by atoms with E-state index in [0.29, 0.717) is 16.5 Å². The third-order valence-electron chi connectivity index (χ3n) is 1.55. The van der Waals surface area contributed by atoms with Crippen molar-refractivity contribution < 1.29 is 14.3 Å². The van der Waals surface area contributed by atoms with Gasteiger partial charge in [-0.2, -0.15) is 0 Å². The zero-order chi connectivity index (χ0) is 10.6. The van der Waals surface area contributed by atoms with Crippen LogP contribution in [0.2, 0.25) is 5.02 Å². The van der Waals surface area contributed by atoms with Crippen LogP contribution < -0.4 is 10.5 Å². The minimum absolute atomic E-state index is 0.164. The van der Waals surface area contributed by atoms with Gasteiger partial charge >= 0.3 is 5.97 Å². The Labute approximate surface area is 86.6 Å². The molecule has 0 heterocycles. The summed E-state index contributed by atoms with van der Waals surface area (Å²) < 4.78 is 9.49. The number of carbonyl (C=O) groups excluding carboxylic acids is 1. The lowest BCUT2D eigenvalue weighted by atomic mass is 10.3. The molecule has 0 atom stereocenters. The highest BCUT2D eigenvalue weighted by Gasteiger charge is 2.04. The molecule has 0 saturated carbocycles. The molecule has 1 aromatic rings. The van der Waals surface area contributed by atoms with Crippen molar-refractivity contribution in [2.24, 2.45) is 0 Å². The second-order valence-electron chi connectivity index (χ2n) is 2.55. The van der Waals surface area contributed by atoms with Gasteiger partial charge in [0.15, 0.2) is 6.61 Å². The number of carbonyl (C=O) groups is 1. The van der Waals surface area contributed by atoms with Crippen molar-refractivity contribution in [1.29, 1.82) is 0 Å². The molecule has 0 aliphatic rings. The summed E-state index contributed by atoms with van der Waals surface area (Å²) in [5.41, 5.74) is 5.98. The molecule has 14 heavy (non-hydrogen) atoms. The summed E-state index contributed by atoms with van der Waals surface area (Å²) in [5.74, 6) is -0.0425. The van der Waals surface area contributed by atoms with E-state index in [4.69, 9.17) is 22.1 Å². The van der Waals surface area contributed by atoms with E-state index in [1.54, 1.807) is 18.2 Å². The molecule has 0 aliphatic heterocycles. The lowest BCUT2D eigenvalue weighted by Gasteiger charge is -2.07. The van der Waals surface area contributed by atoms with Crippen LogP contribution >= 0.6 is 11.6 Å². The van der Waals surface area contributed by atoms with E-state index in [0.717, 1.165) is 0 Å². The Morgan fingerprint density at radius 1 is 1.57 bits per heavy atom. The summed E-state index contributed by atoms with van der Waals surface area (Å²) in [4.78, 5) is 10.7. The number of esters is 1. The largest absolute Gasteiger partial charge is 0.480 e. The van der Waals surface area contributed by atoms with Crippen LogP contribution in [0.25, 0.3) is 0 Å². The fourth-order valence-electron chi connectivity index (χ4n) is 0.846. The van der Waals surface area contributed by atoms with Gasteiger partial charge in [0.05, 0.1) is 12.8 Å². The number of hydrogen-bond acceptors (Lipinski definition) is 4. The zero-order valence-electron chi connectivity index (χ0n) is 7.62. The summed E-state index contributed by atoms with van der Waals surface area (Å²) in [6.07, 6.45) is 0. The molecule has 4 nitrogen and oxygen atoms in total. The van der Waals surface area contributed by atoms with Gasteiger partial charge < -0.3 is 15.2 Å². The zero-order valence-corrected chi connectivity index (χ0v) is 8.38. The Balaban J connectivity index is 2.63. The summed E-state index contributed by atoms with van der Waals surface area (Å²) in [5, 5.41) is 0.521. The number of anilines is 1. The highest BCUT2D eigenvalue weighted by atomic mass is 35.5. The molecular formula is C9H10ClNO3. The molecule has 5 heteroatoms. The van der Waals surface area contributed by atoms with Crippen LogP contribution in [0.1, 0.15) is 0 Å². The first-order chi connectivity index (χ1) is 6.63. The monoisotopic (exact) mass is 215 g/mol. The van der Waals surface area contributed by atoms with Crippen LogP contribution in [0.3, 0.4) is 0 Å². The number of nitrogens with two attached hydrogens (primary N) is 1. The van der Waals surface area contributed by atoms with Gasteiger partial charge in [0.25, 0.3) is 0 Å². The fraction of sp³-hybridized carbons (Fsp3) is 0.222. The average molecular weight is 216 g/mol. The van der Waals surface area contributed by atoms with Crippen molar-refractivity contribution in [3.05, 3.63) is 23.2 Å². The normalized spacial score (nSPS) is 9.57. The van der Waals surface area contributed by atoms with Crippen molar-refractivity contribution in [1.82, 2.24) is 0 Å². The maximum absolute atomic E-state index is 10.7. The van der Waals surface area contributed by atoms with Crippen LogP contribution in [-0.4, -0.2) is 19.7 Å². The number of methoxy groups -OCH3 is 1. The number of halogens is 1. The predicted octanol–water partition coefficient (Wildman–Crippen LogP) is 1.47. The minimum Gasteiger partial charge on any atom is -0.480 e. The number of hydrogen-bond donors (Lipinski definition) is 1. The van der Waals surface area contributed by atoms with Gasteiger partial charge in [-0.3, -0.25) is 0 Å². The Bertz CT molecular complexity index is 341. The molecule has 0 spiro atoms. The first-order valence-electron chi connectivity index (χ1n) is 3.88. The molecule has 76 valence electrons. The molecule has 0 aliphatic carbocycles. The van der Waals surface area contributed by atoms with Crippen molar-refractivity contribution in [2.45, 2.75) is 0 Å². The van der Waals surface area contributed by atoms with Gasteiger partial charge in [0.2, 0.25) is 0 Å². The number of ether oxygens (including phenoxy) is 2. The van der Waals surface area contributed by atoms with E-state index in [1.807, 2.05) is 0 Å². The number of rotatable bonds is 3. The molecule has 0 amide bonds.